The minimum absolute atomic E-state index is 0.0769. The highest BCUT2D eigenvalue weighted by atomic mass is 15.3. The van der Waals surface area contributed by atoms with Gasteiger partial charge < -0.3 is 5.32 Å². The van der Waals surface area contributed by atoms with Crippen LogP contribution in [0.1, 0.15) is 58.9 Å². The van der Waals surface area contributed by atoms with Gasteiger partial charge in [-0.2, -0.15) is 0 Å². The Hall–Kier alpha value is -0.860. The summed E-state index contributed by atoms with van der Waals surface area (Å²) in [4.78, 5) is 2.76. The minimum Gasteiger partial charge on any atom is -0.305 e. The second-order valence-electron chi connectivity index (χ2n) is 6.83. The Balaban J connectivity index is 2.18. The zero-order valence-electron chi connectivity index (χ0n) is 14.2. The standard InChI is InChI=1S/C19H32N2/c1-5-10-16(3)21-15-19(4,17-12-8-7-9-13-17)20-14-18(21)11-6-2/h7-9,12-13,16,18,20H,5-6,10-11,14-15H2,1-4H3. The molecule has 1 heterocycles. The molecule has 2 rings (SSSR count). The van der Waals surface area contributed by atoms with Crippen LogP contribution < -0.4 is 5.32 Å². The molecule has 1 fully saturated rings. The van der Waals surface area contributed by atoms with Gasteiger partial charge in [0.25, 0.3) is 0 Å². The maximum absolute atomic E-state index is 3.83. The van der Waals surface area contributed by atoms with Gasteiger partial charge in [0.1, 0.15) is 0 Å². The summed E-state index contributed by atoms with van der Waals surface area (Å²) >= 11 is 0. The third-order valence-electron chi connectivity index (χ3n) is 5.00. The van der Waals surface area contributed by atoms with Crippen LogP contribution in [0.25, 0.3) is 0 Å². The van der Waals surface area contributed by atoms with E-state index in [2.05, 4.69) is 68.2 Å². The molecule has 0 aliphatic carbocycles. The molecule has 1 N–H and O–H groups in total. The van der Waals surface area contributed by atoms with Crippen molar-refractivity contribution in [1.29, 1.82) is 0 Å². The van der Waals surface area contributed by atoms with Gasteiger partial charge in [-0.05, 0) is 32.3 Å². The largest absolute Gasteiger partial charge is 0.305 e. The number of piperazine rings is 1. The molecule has 3 unspecified atom stereocenters. The van der Waals surface area contributed by atoms with E-state index in [0.29, 0.717) is 12.1 Å². The Bertz CT molecular complexity index is 417. The van der Waals surface area contributed by atoms with Gasteiger partial charge >= 0.3 is 0 Å². The first-order valence-corrected chi connectivity index (χ1v) is 8.67. The fourth-order valence-electron chi connectivity index (χ4n) is 3.71. The number of nitrogens with zero attached hydrogens (tertiary/aromatic N) is 1. The summed E-state index contributed by atoms with van der Waals surface area (Å²) in [7, 11) is 0. The van der Waals surface area contributed by atoms with Crippen molar-refractivity contribution in [3.63, 3.8) is 0 Å². The molecule has 1 aliphatic rings. The minimum atomic E-state index is 0.0769. The zero-order chi connectivity index (χ0) is 15.3. The second kappa shape index (κ2) is 7.42. The lowest BCUT2D eigenvalue weighted by molar-refractivity contribution is 0.0442. The normalized spacial score (nSPS) is 28.5. The Kier molecular flexibility index (Phi) is 5.83. The molecule has 0 saturated carbocycles. The second-order valence-corrected chi connectivity index (χ2v) is 6.83. The van der Waals surface area contributed by atoms with Gasteiger partial charge in [-0.15, -0.1) is 0 Å². The fourth-order valence-corrected chi connectivity index (χ4v) is 3.71. The average Bonchev–Trinajstić information content (AvgIpc) is 2.50. The Morgan fingerprint density at radius 3 is 2.57 bits per heavy atom. The van der Waals surface area contributed by atoms with Crippen molar-refractivity contribution in [3.8, 4) is 0 Å². The van der Waals surface area contributed by atoms with E-state index >= 15 is 0 Å². The highest BCUT2D eigenvalue weighted by molar-refractivity contribution is 5.25. The smallest absolute Gasteiger partial charge is 0.0535 e. The number of hydrogen-bond donors (Lipinski definition) is 1. The van der Waals surface area contributed by atoms with Crippen LogP contribution in [0.4, 0.5) is 0 Å². The van der Waals surface area contributed by atoms with Gasteiger partial charge in [0.2, 0.25) is 0 Å². The highest BCUT2D eigenvalue weighted by Crippen LogP contribution is 2.29. The zero-order valence-corrected chi connectivity index (χ0v) is 14.2. The van der Waals surface area contributed by atoms with Crippen LogP contribution in [0.5, 0.6) is 0 Å². The predicted molar refractivity (Wildman–Crippen MR) is 91.6 cm³/mol. The lowest BCUT2D eigenvalue weighted by Gasteiger charge is -2.49. The van der Waals surface area contributed by atoms with Gasteiger partial charge in [0.05, 0.1) is 5.54 Å². The lowest BCUT2D eigenvalue weighted by atomic mass is 9.86. The van der Waals surface area contributed by atoms with Crippen molar-refractivity contribution in [2.45, 2.75) is 71.0 Å². The summed E-state index contributed by atoms with van der Waals surface area (Å²) < 4.78 is 0. The van der Waals surface area contributed by atoms with E-state index in [-0.39, 0.29) is 5.54 Å². The van der Waals surface area contributed by atoms with E-state index in [9.17, 15) is 0 Å². The molecule has 1 saturated heterocycles. The summed E-state index contributed by atoms with van der Waals surface area (Å²) in [6.07, 6.45) is 5.13. The van der Waals surface area contributed by atoms with Gasteiger partial charge in [-0.1, -0.05) is 57.0 Å². The molecule has 0 spiro atoms. The van der Waals surface area contributed by atoms with Crippen LogP contribution in [0, 0.1) is 0 Å². The van der Waals surface area contributed by atoms with Crippen LogP contribution in [0.3, 0.4) is 0 Å². The maximum Gasteiger partial charge on any atom is 0.0535 e. The predicted octanol–water partition coefficient (Wildman–Crippen LogP) is 4.16. The molecule has 0 radical (unpaired) electrons. The van der Waals surface area contributed by atoms with Crippen LogP contribution in [0.2, 0.25) is 0 Å². The molecule has 3 atom stereocenters. The van der Waals surface area contributed by atoms with E-state index in [1.807, 2.05) is 0 Å². The summed E-state index contributed by atoms with van der Waals surface area (Å²) in [5.41, 5.74) is 1.49. The molecule has 0 aromatic heterocycles. The first kappa shape index (κ1) is 16.5. The summed E-state index contributed by atoms with van der Waals surface area (Å²) in [6, 6.07) is 12.3. The van der Waals surface area contributed by atoms with Crippen LogP contribution >= 0.6 is 0 Å². The first-order chi connectivity index (χ1) is 10.1. The maximum atomic E-state index is 3.83. The van der Waals surface area contributed by atoms with E-state index in [1.54, 1.807) is 0 Å². The molecule has 21 heavy (non-hydrogen) atoms. The Morgan fingerprint density at radius 2 is 1.95 bits per heavy atom. The Labute approximate surface area is 130 Å². The quantitative estimate of drug-likeness (QED) is 0.845. The third kappa shape index (κ3) is 3.87. The third-order valence-corrected chi connectivity index (χ3v) is 5.00. The van der Waals surface area contributed by atoms with Gasteiger partial charge in [0, 0.05) is 25.2 Å². The number of rotatable bonds is 6. The van der Waals surface area contributed by atoms with Crippen molar-refractivity contribution in [2.24, 2.45) is 0 Å². The SMILES string of the molecule is CCCC(C)N1CC(C)(c2ccccc2)NCC1CCC. The van der Waals surface area contributed by atoms with E-state index in [4.69, 9.17) is 0 Å². The number of benzene rings is 1. The molecule has 0 bridgehead atoms. The molecule has 1 aromatic rings. The van der Waals surface area contributed by atoms with Crippen LogP contribution in [-0.2, 0) is 5.54 Å². The van der Waals surface area contributed by atoms with E-state index < -0.39 is 0 Å². The first-order valence-electron chi connectivity index (χ1n) is 8.67. The van der Waals surface area contributed by atoms with Gasteiger partial charge in [-0.25, -0.2) is 0 Å². The lowest BCUT2D eigenvalue weighted by Crippen LogP contribution is -2.63. The average molecular weight is 288 g/mol. The van der Waals surface area contributed by atoms with Crippen LogP contribution in [0.15, 0.2) is 30.3 Å². The van der Waals surface area contributed by atoms with Crippen molar-refractivity contribution in [2.75, 3.05) is 13.1 Å². The highest BCUT2D eigenvalue weighted by Gasteiger charge is 2.38. The molecule has 1 aromatic carbocycles. The van der Waals surface area contributed by atoms with E-state index in [0.717, 1.165) is 13.1 Å². The fraction of sp³-hybridized carbons (Fsp3) is 0.684. The van der Waals surface area contributed by atoms with E-state index in [1.165, 1.54) is 31.2 Å². The molecular formula is C19H32N2. The van der Waals surface area contributed by atoms with Crippen molar-refractivity contribution in [1.82, 2.24) is 10.2 Å². The molecule has 2 nitrogen and oxygen atoms in total. The molecule has 1 aliphatic heterocycles. The molecular weight excluding hydrogens is 256 g/mol. The molecule has 0 amide bonds. The van der Waals surface area contributed by atoms with Crippen molar-refractivity contribution in [3.05, 3.63) is 35.9 Å². The topological polar surface area (TPSA) is 15.3 Å². The van der Waals surface area contributed by atoms with Gasteiger partial charge in [0.15, 0.2) is 0 Å². The summed E-state index contributed by atoms with van der Waals surface area (Å²) in [5, 5.41) is 3.83. The monoisotopic (exact) mass is 288 g/mol. The molecule has 2 heteroatoms. The molecule has 118 valence electrons. The summed E-state index contributed by atoms with van der Waals surface area (Å²) in [5.74, 6) is 0. The van der Waals surface area contributed by atoms with Gasteiger partial charge in [-0.3, -0.25) is 4.90 Å². The van der Waals surface area contributed by atoms with Crippen LogP contribution in [-0.4, -0.2) is 30.1 Å². The van der Waals surface area contributed by atoms with Crippen molar-refractivity contribution >= 4 is 0 Å². The number of nitrogens with one attached hydrogen (secondary N) is 1. The van der Waals surface area contributed by atoms with Crippen molar-refractivity contribution < 1.29 is 0 Å². The number of hydrogen-bond acceptors (Lipinski definition) is 2. The summed E-state index contributed by atoms with van der Waals surface area (Å²) in [6.45, 7) is 11.6. The Morgan fingerprint density at radius 1 is 1.24 bits per heavy atom.